The molecule has 0 bridgehead atoms. The predicted octanol–water partition coefficient (Wildman–Crippen LogP) is 5.51. The third-order valence-electron chi connectivity index (χ3n) is 6.04. The molecule has 1 aliphatic rings. The molecule has 3 aromatic rings. The average Bonchev–Trinajstić information content (AvgIpc) is 2.79. The number of nitrogens with zero attached hydrogens (tertiary/aromatic N) is 1. The Morgan fingerprint density at radius 2 is 1.57 bits per heavy atom. The molecule has 0 aromatic heterocycles. The first-order chi connectivity index (χ1) is 14.6. The van der Waals surface area contributed by atoms with Gasteiger partial charge in [-0.15, -0.1) is 0 Å². The summed E-state index contributed by atoms with van der Waals surface area (Å²) in [6, 6.07) is 22.7. The maximum absolute atomic E-state index is 12.7. The first-order valence-electron chi connectivity index (χ1n) is 11.0. The van der Waals surface area contributed by atoms with E-state index in [0.717, 1.165) is 18.8 Å². The van der Waals surface area contributed by atoms with Crippen LogP contribution in [0.4, 0.5) is 11.4 Å². The highest BCUT2D eigenvalue weighted by molar-refractivity contribution is 5.94. The van der Waals surface area contributed by atoms with Crippen molar-refractivity contribution < 1.29 is 4.79 Å². The number of hydrogen-bond acceptors (Lipinski definition) is 3. The molecule has 0 spiro atoms. The fraction of sp³-hybridized carbons (Fsp3) is 0.346. The van der Waals surface area contributed by atoms with E-state index in [4.69, 9.17) is 0 Å². The molecule has 1 saturated heterocycles. The van der Waals surface area contributed by atoms with Gasteiger partial charge in [-0.05, 0) is 73.7 Å². The minimum Gasteiger partial charge on any atom is -0.372 e. The normalized spacial score (nSPS) is 16.3. The van der Waals surface area contributed by atoms with Crippen LogP contribution < -0.4 is 15.5 Å². The van der Waals surface area contributed by atoms with Crippen LogP contribution in [-0.2, 0) is 4.79 Å². The lowest BCUT2D eigenvalue weighted by molar-refractivity contribution is -0.117. The molecule has 4 rings (SSSR count). The Morgan fingerprint density at radius 1 is 0.867 bits per heavy atom. The van der Waals surface area contributed by atoms with Crippen molar-refractivity contribution in [1.82, 2.24) is 5.32 Å². The summed E-state index contributed by atoms with van der Waals surface area (Å²) in [6.07, 6.45) is 3.85. The van der Waals surface area contributed by atoms with E-state index in [2.05, 4.69) is 77.1 Å². The topological polar surface area (TPSA) is 44.4 Å². The molecule has 156 valence electrons. The van der Waals surface area contributed by atoms with Gasteiger partial charge in [-0.1, -0.05) is 42.5 Å². The number of benzene rings is 3. The minimum absolute atomic E-state index is 0.0205. The van der Waals surface area contributed by atoms with Crippen LogP contribution in [0.15, 0.2) is 66.7 Å². The summed E-state index contributed by atoms with van der Waals surface area (Å²) < 4.78 is 0. The molecule has 0 radical (unpaired) electrons. The van der Waals surface area contributed by atoms with Gasteiger partial charge in [0, 0.05) is 30.5 Å². The van der Waals surface area contributed by atoms with Gasteiger partial charge in [0.05, 0.1) is 6.04 Å². The van der Waals surface area contributed by atoms with Crippen LogP contribution in [0.1, 0.15) is 44.7 Å². The van der Waals surface area contributed by atoms with Crippen LogP contribution >= 0.6 is 0 Å². The molecule has 4 nitrogen and oxygen atoms in total. The molecule has 3 aromatic carbocycles. The first kappa shape index (κ1) is 20.4. The molecule has 0 unspecified atom stereocenters. The van der Waals surface area contributed by atoms with Crippen molar-refractivity contribution in [1.29, 1.82) is 0 Å². The third-order valence-corrected chi connectivity index (χ3v) is 6.04. The number of fused-ring (bicyclic) bond motifs is 1. The number of amides is 1. The second-order valence-corrected chi connectivity index (χ2v) is 8.26. The van der Waals surface area contributed by atoms with Crippen LogP contribution in [0.5, 0.6) is 0 Å². The summed E-state index contributed by atoms with van der Waals surface area (Å²) in [5.41, 5.74) is 3.29. The summed E-state index contributed by atoms with van der Waals surface area (Å²) in [4.78, 5) is 15.2. The van der Waals surface area contributed by atoms with E-state index in [0.29, 0.717) is 0 Å². The highest BCUT2D eigenvalue weighted by Gasteiger charge is 2.18. The Morgan fingerprint density at radius 3 is 2.33 bits per heavy atom. The van der Waals surface area contributed by atoms with Gasteiger partial charge >= 0.3 is 0 Å². The Balaban J connectivity index is 1.37. The van der Waals surface area contributed by atoms with Gasteiger partial charge in [0.15, 0.2) is 0 Å². The molecule has 1 aliphatic heterocycles. The molecule has 0 aliphatic carbocycles. The monoisotopic (exact) mass is 401 g/mol. The van der Waals surface area contributed by atoms with Crippen LogP contribution in [0.25, 0.3) is 10.8 Å². The Bertz CT molecular complexity index is 987. The quantitative estimate of drug-likeness (QED) is 0.573. The molecule has 1 heterocycles. The summed E-state index contributed by atoms with van der Waals surface area (Å²) in [5.74, 6) is -0.0205. The van der Waals surface area contributed by atoms with Gasteiger partial charge in [0.1, 0.15) is 0 Å². The van der Waals surface area contributed by atoms with E-state index in [1.54, 1.807) is 0 Å². The van der Waals surface area contributed by atoms with Gasteiger partial charge in [-0.2, -0.15) is 0 Å². The van der Waals surface area contributed by atoms with Gasteiger partial charge in [-0.25, -0.2) is 0 Å². The van der Waals surface area contributed by atoms with Crippen LogP contribution in [-0.4, -0.2) is 25.0 Å². The molecular formula is C26H31N3O. The SMILES string of the molecule is C[C@H](N[C@H](C)c1cccc2ccccc12)C(=O)Nc1ccc(N2CCCCC2)cc1. The zero-order valence-electron chi connectivity index (χ0n) is 17.9. The number of rotatable bonds is 6. The zero-order valence-corrected chi connectivity index (χ0v) is 17.9. The Hall–Kier alpha value is -2.85. The molecule has 30 heavy (non-hydrogen) atoms. The molecular weight excluding hydrogens is 370 g/mol. The largest absolute Gasteiger partial charge is 0.372 e. The molecule has 1 amide bonds. The lowest BCUT2D eigenvalue weighted by Crippen LogP contribution is -2.39. The number of hydrogen-bond donors (Lipinski definition) is 2. The van der Waals surface area contributed by atoms with Gasteiger partial charge in [0.2, 0.25) is 5.91 Å². The molecule has 4 heteroatoms. The van der Waals surface area contributed by atoms with E-state index in [1.807, 2.05) is 19.1 Å². The van der Waals surface area contributed by atoms with Crippen molar-refractivity contribution >= 4 is 28.1 Å². The minimum atomic E-state index is -0.305. The number of carbonyl (C=O) groups is 1. The van der Waals surface area contributed by atoms with Crippen LogP contribution in [0.3, 0.4) is 0 Å². The Labute approximate surface area is 179 Å². The van der Waals surface area contributed by atoms with E-state index in [-0.39, 0.29) is 18.0 Å². The number of carbonyl (C=O) groups excluding carboxylic acids is 1. The second-order valence-electron chi connectivity index (χ2n) is 8.26. The maximum Gasteiger partial charge on any atom is 0.241 e. The third kappa shape index (κ3) is 4.65. The average molecular weight is 402 g/mol. The summed E-state index contributed by atoms with van der Waals surface area (Å²) in [5, 5.41) is 8.94. The number of anilines is 2. The zero-order chi connectivity index (χ0) is 20.9. The van der Waals surface area contributed by atoms with Crippen LogP contribution in [0, 0.1) is 0 Å². The van der Waals surface area contributed by atoms with Crippen LogP contribution in [0.2, 0.25) is 0 Å². The van der Waals surface area contributed by atoms with E-state index < -0.39 is 0 Å². The summed E-state index contributed by atoms with van der Waals surface area (Å²) in [7, 11) is 0. The van der Waals surface area contributed by atoms with Gasteiger partial charge < -0.3 is 10.2 Å². The van der Waals surface area contributed by atoms with Crippen molar-refractivity contribution in [2.24, 2.45) is 0 Å². The van der Waals surface area contributed by atoms with E-state index >= 15 is 0 Å². The molecule has 1 fully saturated rings. The van der Waals surface area contributed by atoms with E-state index in [9.17, 15) is 4.79 Å². The summed E-state index contributed by atoms with van der Waals surface area (Å²) >= 11 is 0. The van der Waals surface area contributed by atoms with Crippen molar-refractivity contribution in [3.8, 4) is 0 Å². The highest BCUT2D eigenvalue weighted by Crippen LogP contribution is 2.25. The van der Waals surface area contributed by atoms with Crippen molar-refractivity contribution in [3.05, 3.63) is 72.3 Å². The number of nitrogens with one attached hydrogen (secondary N) is 2. The molecule has 2 N–H and O–H groups in total. The fourth-order valence-corrected chi connectivity index (χ4v) is 4.33. The van der Waals surface area contributed by atoms with Crippen molar-refractivity contribution in [2.45, 2.75) is 45.2 Å². The molecule has 0 saturated carbocycles. The fourth-order valence-electron chi connectivity index (χ4n) is 4.33. The van der Waals surface area contributed by atoms with Crippen molar-refractivity contribution in [3.63, 3.8) is 0 Å². The summed E-state index contributed by atoms with van der Waals surface area (Å²) in [6.45, 7) is 6.27. The maximum atomic E-state index is 12.7. The van der Waals surface area contributed by atoms with Gasteiger partial charge in [0.25, 0.3) is 0 Å². The Kier molecular flexibility index (Phi) is 6.34. The first-order valence-corrected chi connectivity index (χ1v) is 11.0. The molecule has 2 atom stereocenters. The predicted molar refractivity (Wildman–Crippen MR) is 126 cm³/mol. The standard InChI is InChI=1S/C26H31N3O/c1-19(24-12-8-10-21-9-4-5-11-25(21)24)27-20(2)26(30)28-22-13-15-23(16-14-22)29-17-6-3-7-18-29/h4-5,8-16,19-20,27H,3,6-7,17-18H2,1-2H3,(H,28,30)/t19-,20+/m1/s1. The van der Waals surface area contributed by atoms with Gasteiger partial charge in [-0.3, -0.25) is 10.1 Å². The lowest BCUT2D eigenvalue weighted by atomic mass is 9.99. The number of piperidine rings is 1. The highest BCUT2D eigenvalue weighted by atomic mass is 16.2. The van der Waals surface area contributed by atoms with Crippen molar-refractivity contribution in [2.75, 3.05) is 23.3 Å². The lowest BCUT2D eigenvalue weighted by Gasteiger charge is -2.29. The second kappa shape index (κ2) is 9.31. The smallest absolute Gasteiger partial charge is 0.241 e. The van der Waals surface area contributed by atoms with E-state index in [1.165, 1.54) is 41.3 Å².